The normalized spacial score (nSPS) is 10.7. The second kappa shape index (κ2) is 3.64. The molecule has 1 N–H and O–H groups in total. The molecule has 0 bridgehead atoms. The van der Waals surface area contributed by atoms with Gasteiger partial charge in [0.25, 0.3) is 0 Å². The summed E-state index contributed by atoms with van der Waals surface area (Å²) in [4.78, 5) is 10.9. The summed E-state index contributed by atoms with van der Waals surface area (Å²) in [6, 6.07) is 3.43. The van der Waals surface area contributed by atoms with E-state index in [0.29, 0.717) is 5.56 Å². The number of benzene rings is 1. The van der Waals surface area contributed by atoms with Gasteiger partial charge in [0, 0.05) is 14.3 Å². The Hall–Kier alpha value is -0.390. The Kier molecular flexibility index (Phi) is 2.64. The van der Waals surface area contributed by atoms with E-state index in [0.717, 1.165) is 19.0 Å². The van der Waals surface area contributed by atoms with Crippen LogP contribution in [0.15, 0.2) is 26.5 Å². The molecule has 0 amide bonds. The predicted molar refractivity (Wildman–Crippen MR) is 64.2 cm³/mol. The zero-order valence-corrected chi connectivity index (χ0v) is 10.7. The molecule has 0 atom stereocenters. The van der Waals surface area contributed by atoms with Crippen LogP contribution >= 0.6 is 43.2 Å². The molecule has 0 fully saturated rings. The minimum Gasteiger partial charge on any atom is -0.478 e. The van der Waals surface area contributed by atoms with Gasteiger partial charge in [-0.1, -0.05) is 0 Å². The molecule has 2 aromatic rings. The lowest BCUT2D eigenvalue weighted by Gasteiger charge is -2.02. The van der Waals surface area contributed by atoms with E-state index in [1.54, 1.807) is 6.07 Å². The highest BCUT2D eigenvalue weighted by atomic mass is 79.9. The fraction of sp³-hybridized carbons (Fsp3) is 0. The van der Waals surface area contributed by atoms with Crippen molar-refractivity contribution in [1.29, 1.82) is 0 Å². The summed E-state index contributed by atoms with van der Waals surface area (Å²) < 4.78 is 2.63. The Bertz CT molecular complexity index is 519. The Morgan fingerprint density at radius 1 is 1.43 bits per heavy atom. The number of fused-ring (bicyclic) bond motifs is 1. The fourth-order valence-electron chi connectivity index (χ4n) is 1.24. The predicted octanol–water partition coefficient (Wildman–Crippen LogP) is 4.12. The summed E-state index contributed by atoms with van der Waals surface area (Å²) in [7, 11) is 0. The fourth-order valence-corrected chi connectivity index (χ4v) is 3.27. The van der Waals surface area contributed by atoms with Crippen LogP contribution in [-0.4, -0.2) is 11.1 Å². The van der Waals surface area contributed by atoms with E-state index < -0.39 is 5.97 Å². The van der Waals surface area contributed by atoms with Crippen LogP contribution in [0.25, 0.3) is 10.1 Å². The van der Waals surface area contributed by atoms with Crippen LogP contribution in [0.2, 0.25) is 0 Å². The van der Waals surface area contributed by atoms with Gasteiger partial charge >= 0.3 is 5.97 Å². The molecular formula is C9H4Br2O2S. The van der Waals surface area contributed by atoms with E-state index in [1.807, 2.05) is 11.4 Å². The molecule has 0 saturated heterocycles. The Morgan fingerprint density at radius 2 is 2.14 bits per heavy atom. The number of hydrogen-bond acceptors (Lipinski definition) is 2. The van der Waals surface area contributed by atoms with Crippen LogP contribution in [0.3, 0.4) is 0 Å². The van der Waals surface area contributed by atoms with Gasteiger partial charge in [-0.2, -0.15) is 0 Å². The quantitative estimate of drug-likeness (QED) is 0.851. The third kappa shape index (κ3) is 1.49. The zero-order chi connectivity index (χ0) is 10.3. The summed E-state index contributed by atoms with van der Waals surface area (Å²) in [5.74, 6) is -0.901. The first-order chi connectivity index (χ1) is 6.61. The number of thiophene rings is 1. The van der Waals surface area contributed by atoms with E-state index in [2.05, 4.69) is 31.9 Å². The molecule has 0 radical (unpaired) electrons. The Labute approximate surface area is 101 Å². The molecule has 5 heteroatoms. The van der Waals surface area contributed by atoms with Crippen LogP contribution in [-0.2, 0) is 0 Å². The number of carbonyl (C=O) groups is 1. The van der Waals surface area contributed by atoms with Gasteiger partial charge in [-0.05, 0) is 49.4 Å². The molecular weight excluding hydrogens is 332 g/mol. The average Bonchev–Trinajstić information content (AvgIpc) is 2.59. The van der Waals surface area contributed by atoms with Crippen molar-refractivity contribution in [3.8, 4) is 0 Å². The van der Waals surface area contributed by atoms with E-state index >= 15 is 0 Å². The zero-order valence-electron chi connectivity index (χ0n) is 6.75. The third-order valence-corrected chi connectivity index (χ3v) is 5.04. The molecule has 0 aliphatic heterocycles. The van der Waals surface area contributed by atoms with Crippen molar-refractivity contribution in [3.63, 3.8) is 0 Å². The van der Waals surface area contributed by atoms with Gasteiger partial charge in [0.15, 0.2) is 0 Å². The minimum absolute atomic E-state index is 0.330. The van der Waals surface area contributed by atoms with E-state index in [-0.39, 0.29) is 0 Å². The van der Waals surface area contributed by atoms with Gasteiger partial charge in [0.05, 0.1) is 10.3 Å². The van der Waals surface area contributed by atoms with Crippen LogP contribution in [0.4, 0.5) is 0 Å². The first kappa shape index (κ1) is 10.1. The van der Waals surface area contributed by atoms with Crippen molar-refractivity contribution in [2.45, 2.75) is 0 Å². The largest absolute Gasteiger partial charge is 0.478 e. The summed E-state index contributed by atoms with van der Waals surface area (Å²) in [5, 5.41) is 11.6. The Balaban J connectivity index is 2.91. The summed E-state index contributed by atoms with van der Waals surface area (Å²) in [6.07, 6.45) is 0. The number of hydrogen-bond donors (Lipinski definition) is 1. The van der Waals surface area contributed by atoms with E-state index in [1.165, 1.54) is 11.3 Å². The molecule has 1 aromatic carbocycles. The maximum atomic E-state index is 10.9. The topological polar surface area (TPSA) is 37.3 Å². The summed E-state index contributed by atoms with van der Waals surface area (Å²) in [5.41, 5.74) is 0.330. The first-order valence-corrected chi connectivity index (χ1v) is 6.16. The molecule has 0 unspecified atom stereocenters. The third-order valence-electron chi connectivity index (χ3n) is 1.87. The standard InChI is InChI=1S/C9H4Br2O2S/c10-6-3-5(9(12)13)4-1-2-14-8(4)7(6)11/h1-3H,(H,12,13). The monoisotopic (exact) mass is 334 g/mol. The van der Waals surface area contributed by atoms with Crippen molar-refractivity contribution < 1.29 is 9.90 Å². The molecule has 0 aliphatic carbocycles. The lowest BCUT2D eigenvalue weighted by atomic mass is 10.1. The molecule has 2 rings (SSSR count). The van der Waals surface area contributed by atoms with Crippen LogP contribution < -0.4 is 0 Å². The molecule has 0 spiro atoms. The second-order valence-corrected chi connectivity index (χ2v) is 5.25. The molecule has 0 saturated carbocycles. The van der Waals surface area contributed by atoms with Crippen molar-refractivity contribution >= 4 is 59.3 Å². The molecule has 1 heterocycles. The minimum atomic E-state index is -0.901. The molecule has 0 aliphatic rings. The lowest BCUT2D eigenvalue weighted by molar-refractivity contribution is 0.0699. The highest BCUT2D eigenvalue weighted by molar-refractivity contribution is 9.13. The Morgan fingerprint density at radius 3 is 2.79 bits per heavy atom. The van der Waals surface area contributed by atoms with Crippen LogP contribution in [0.5, 0.6) is 0 Å². The van der Waals surface area contributed by atoms with Gasteiger partial charge in [0.2, 0.25) is 0 Å². The number of rotatable bonds is 1. The maximum Gasteiger partial charge on any atom is 0.336 e. The van der Waals surface area contributed by atoms with Gasteiger partial charge in [-0.25, -0.2) is 4.79 Å². The van der Waals surface area contributed by atoms with Gasteiger partial charge in [-0.15, -0.1) is 11.3 Å². The van der Waals surface area contributed by atoms with Gasteiger partial charge in [0.1, 0.15) is 0 Å². The first-order valence-electron chi connectivity index (χ1n) is 3.69. The van der Waals surface area contributed by atoms with Gasteiger partial charge < -0.3 is 5.11 Å². The molecule has 2 nitrogen and oxygen atoms in total. The number of carboxylic acid groups (broad SMARTS) is 1. The van der Waals surface area contributed by atoms with E-state index in [9.17, 15) is 4.79 Å². The maximum absolute atomic E-state index is 10.9. The van der Waals surface area contributed by atoms with Crippen molar-refractivity contribution in [3.05, 3.63) is 32.0 Å². The summed E-state index contributed by atoms with van der Waals surface area (Å²) in [6.45, 7) is 0. The smallest absolute Gasteiger partial charge is 0.336 e. The highest BCUT2D eigenvalue weighted by Crippen LogP contribution is 2.37. The van der Waals surface area contributed by atoms with E-state index in [4.69, 9.17) is 5.11 Å². The number of aromatic carboxylic acids is 1. The lowest BCUT2D eigenvalue weighted by Crippen LogP contribution is -1.96. The van der Waals surface area contributed by atoms with Crippen molar-refractivity contribution in [2.75, 3.05) is 0 Å². The summed E-state index contributed by atoms with van der Waals surface area (Å²) >= 11 is 8.25. The number of halogens is 2. The highest BCUT2D eigenvalue weighted by Gasteiger charge is 2.14. The van der Waals surface area contributed by atoms with Crippen LogP contribution in [0.1, 0.15) is 10.4 Å². The van der Waals surface area contributed by atoms with Crippen molar-refractivity contribution in [2.24, 2.45) is 0 Å². The second-order valence-electron chi connectivity index (χ2n) is 2.69. The van der Waals surface area contributed by atoms with Gasteiger partial charge in [-0.3, -0.25) is 0 Å². The number of carboxylic acids is 1. The van der Waals surface area contributed by atoms with Crippen molar-refractivity contribution in [1.82, 2.24) is 0 Å². The average molecular weight is 336 g/mol. The molecule has 1 aromatic heterocycles. The molecule has 72 valence electrons. The van der Waals surface area contributed by atoms with Crippen LogP contribution in [0, 0.1) is 0 Å². The molecule has 14 heavy (non-hydrogen) atoms. The SMILES string of the molecule is O=C(O)c1cc(Br)c(Br)c2sccc12.